The molecule has 0 spiro atoms. The van der Waals surface area contributed by atoms with Crippen LogP contribution in [0.2, 0.25) is 0 Å². The van der Waals surface area contributed by atoms with E-state index in [4.69, 9.17) is 9.47 Å². The highest BCUT2D eigenvalue weighted by atomic mass is 16.5. The predicted molar refractivity (Wildman–Crippen MR) is 128 cm³/mol. The Balaban J connectivity index is 0.00000176. The molecule has 32 heavy (non-hydrogen) atoms. The van der Waals surface area contributed by atoms with Crippen molar-refractivity contribution >= 4 is 11.8 Å². The van der Waals surface area contributed by atoms with Crippen LogP contribution in [-0.2, 0) is 14.3 Å². The van der Waals surface area contributed by atoms with Gasteiger partial charge in [0.05, 0.1) is 18.1 Å². The third-order valence-corrected chi connectivity index (χ3v) is 5.34. The second-order valence-electron chi connectivity index (χ2n) is 7.26. The lowest BCUT2D eigenvalue weighted by molar-refractivity contribution is -0.138. The van der Waals surface area contributed by atoms with E-state index >= 15 is 0 Å². The van der Waals surface area contributed by atoms with Gasteiger partial charge in [-0.2, -0.15) is 0 Å². The van der Waals surface area contributed by atoms with Crippen LogP contribution in [0.1, 0.15) is 65.4 Å². The zero-order chi connectivity index (χ0) is 23.5. The molecule has 0 saturated heterocycles. The highest BCUT2D eigenvalue weighted by Gasteiger charge is 2.38. The molecule has 1 atom stereocenters. The van der Waals surface area contributed by atoms with Crippen LogP contribution in [0.15, 0.2) is 71.1 Å². The van der Waals surface area contributed by atoms with Gasteiger partial charge in [-0.3, -0.25) is 4.79 Å². The second-order valence-corrected chi connectivity index (χ2v) is 7.26. The van der Waals surface area contributed by atoms with Gasteiger partial charge in [-0.05, 0) is 45.3 Å². The van der Waals surface area contributed by atoms with Crippen LogP contribution in [0.4, 0.5) is 0 Å². The van der Waals surface area contributed by atoms with E-state index in [0.717, 1.165) is 29.7 Å². The first-order chi connectivity index (χ1) is 15.6. The molecular weight excluding hydrogens is 402 g/mol. The van der Waals surface area contributed by atoms with Crippen LogP contribution < -0.4 is 10.1 Å². The van der Waals surface area contributed by atoms with Gasteiger partial charge in [0.15, 0.2) is 5.78 Å². The number of ketones is 1. The predicted octanol–water partition coefficient (Wildman–Crippen LogP) is 5.75. The lowest BCUT2D eigenvalue weighted by Crippen LogP contribution is -2.32. The lowest BCUT2D eigenvalue weighted by atomic mass is 9.76. The van der Waals surface area contributed by atoms with E-state index in [0.29, 0.717) is 29.9 Å². The van der Waals surface area contributed by atoms with E-state index in [9.17, 15) is 9.59 Å². The average molecular weight is 438 g/mol. The van der Waals surface area contributed by atoms with E-state index in [1.165, 1.54) is 0 Å². The molecule has 1 N–H and O–H groups in total. The van der Waals surface area contributed by atoms with E-state index < -0.39 is 11.9 Å². The van der Waals surface area contributed by atoms with Crippen molar-refractivity contribution in [2.24, 2.45) is 0 Å². The zero-order valence-corrected chi connectivity index (χ0v) is 19.9. The van der Waals surface area contributed by atoms with Crippen molar-refractivity contribution in [3.05, 3.63) is 76.7 Å². The summed E-state index contributed by atoms with van der Waals surface area (Å²) in [6.07, 6.45) is 9.75. The van der Waals surface area contributed by atoms with E-state index in [-0.39, 0.29) is 12.4 Å². The van der Waals surface area contributed by atoms with Crippen LogP contribution >= 0.6 is 0 Å². The molecule has 0 fully saturated rings. The Morgan fingerprint density at radius 2 is 1.94 bits per heavy atom. The van der Waals surface area contributed by atoms with Crippen LogP contribution in [0, 0.1) is 0 Å². The number of benzene rings is 1. The Morgan fingerprint density at radius 1 is 1.19 bits per heavy atom. The molecule has 0 radical (unpaired) electrons. The molecule has 5 heteroatoms. The molecule has 172 valence electrons. The maximum absolute atomic E-state index is 12.9. The van der Waals surface area contributed by atoms with Crippen LogP contribution in [0.25, 0.3) is 0 Å². The summed E-state index contributed by atoms with van der Waals surface area (Å²) in [5.41, 5.74) is 3.83. The van der Waals surface area contributed by atoms with Gasteiger partial charge in [0.25, 0.3) is 0 Å². The summed E-state index contributed by atoms with van der Waals surface area (Å²) in [4.78, 5) is 25.7. The minimum atomic E-state index is -0.500. The molecule has 3 rings (SSSR count). The summed E-state index contributed by atoms with van der Waals surface area (Å²) in [5, 5.41) is 3.17. The average Bonchev–Trinajstić information content (AvgIpc) is 2.83. The first-order valence-electron chi connectivity index (χ1n) is 11.5. The molecule has 1 aromatic rings. The number of carbonyl (C=O) groups excluding carboxylic acids is 2. The summed E-state index contributed by atoms with van der Waals surface area (Å²) in [6, 6.07) is 7.62. The molecule has 1 aliphatic heterocycles. The number of esters is 1. The number of para-hydroxylation sites is 1. The number of ether oxygens (including phenoxy) is 2. The molecule has 0 amide bonds. The largest absolute Gasteiger partial charge is 0.489 e. The van der Waals surface area contributed by atoms with Gasteiger partial charge in [-0.15, -0.1) is 0 Å². The van der Waals surface area contributed by atoms with E-state index in [1.54, 1.807) is 13.1 Å². The number of hydrogen-bond donors (Lipinski definition) is 1. The molecule has 1 unspecified atom stereocenters. The zero-order valence-electron chi connectivity index (χ0n) is 19.9. The summed E-state index contributed by atoms with van der Waals surface area (Å²) >= 11 is 0. The van der Waals surface area contributed by atoms with Crippen molar-refractivity contribution in [2.75, 3.05) is 13.2 Å². The quantitative estimate of drug-likeness (QED) is 0.434. The Kier molecular flexibility index (Phi) is 9.99. The van der Waals surface area contributed by atoms with Crippen LogP contribution in [-0.4, -0.2) is 25.0 Å². The molecule has 2 aliphatic rings. The summed E-state index contributed by atoms with van der Waals surface area (Å²) in [7, 11) is 0. The first kappa shape index (κ1) is 25.2. The molecule has 1 heterocycles. The van der Waals surface area contributed by atoms with Gasteiger partial charge in [-0.25, -0.2) is 4.79 Å². The van der Waals surface area contributed by atoms with Crippen LogP contribution in [0.3, 0.4) is 0 Å². The number of nitrogens with one attached hydrogen (secondary N) is 1. The maximum Gasteiger partial charge on any atom is 0.336 e. The van der Waals surface area contributed by atoms with Gasteiger partial charge in [-0.1, -0.05) is 50.3 Å². The Hall–Kier alpha value is -3.08. The molecule has 1 aromatic carbocycles. The first-order valence-corrected chi connectivity index (χ1v) is 11.5. The van der Waals surface area contributed by atoms with E-state index in [2.05, 4.69) is 5.32 Å². The molecule has 5 nitrogen and oxygen atoms in total. The van der Waals surface area contributed by atoms with E-state index in [1.807, 2.05) is 70.2 Å². The Labute approximate surface area is 191 Å². The van der Waals surface area contributed by atoms with Crippen molar-refractivity contribution in [1.82, 2.24) is 5.32 Å². The second kappa shape index (κ2) is 12.7. The fourth-order valence-corrected chi connectivity index (χ4v) is 3.92. The number of hydrogen-bond acceptors (Lipinski definition) is 5. The van der Waals surface area contributed by atoms with Gasteiger partial charge in [0.1, 0.15) is 12.4 Å². The fourth-order valence-electron chi connectivity index (χ4n) is 3.92. The number of rotatable bonds is 7. The lowest BCUT2D eigenvalue weighted by Gasteiger charge is -2.32. The Morgan fingerprint density at radius 3 is 2.62 bits per heavy atom. The summed E-state index contributed by atoms with van der Waals surface area (Å²) in [5.74, 6) is -0.187. The van der Waals surface area contributed by atoms with Gasteiger partial charge >= 0.3 is 5.97 Å². The number of allylic oxidation sites excluding steroid dienone is 4. The smallest absolute Gasteiger partial charge is 0.336 e. The summed E-state index contributed by atoms with van der Waals surface area (Å²) < 4.78 is 11.4. The number of carbonyl (C=O) groups is 2. The standard InChI is InChI=1S/C25H29NO4.C2H6/c1-4-10-17(5-2)16-30-22-14-8-7-11-18(22)23-19(25(28)29-6-3)15-26-20-12-9-13-21(27)24(20)23;1-2/h4-5,7-8,10-11,14-15,23,26H,6,9,12-13,16H2,1-3H3;1-2H3/b10-4-,17-5+;. The monoisotopic (exact) mass is 437 g/mol. The minimum absolute atomic E-state index is 0.0708. The third-order valence-electron chi connectivity index (χ3n) is 5.34. The SMILES string of the molecule is C/C=C\C(=C/C)COc1ccccc1C1C(C(=O)OCC)=CNC2=C1C(=O)CCC2.CC. The van der Waals surface area contributed by atoms with Crippen molar-refractivity contribution < 1.29 is 19.1 Å². The van der Waals surface area contributed by atoms with Crippen molar-refractivity contribution in [2.45, 2.75) is 59.8 Å². The number of Topliss-reactive ketones (excluding diaryl/α,β-unsaturated/α-hetero) is 1. The molecular formula is C27H35NO4. The van der Waals surface area contributed by atoms with Gasteiger partial charge in [0, 0.05) is 29.5 Å². The highest BCUT2D eigenvalue weighted by molar-refractivity contribution is 6.03. The fraction of sp³-hybridized carbons (Fsp3) is 0.407. The van der Waals surface area contributed by atoms with Crippen molar-refractivity contribution in [3.63, 3.8) is 0 Å². The number of dihydropyridines is 1. The Bertz CT molecular complexity index is 937. The van der Waals surface area contributed by atoms with Gasteiger partial charge in [0.2, 0.25) is 0 Å². The van der Waals surface area contributed by atoms with Crippen molar-refractivity contribution in [3.8, 4) is 5.75 Å². The topological polar surface area (TPSA) is 64.6 Å². The molecule has 0 saturated carbocycles. The van der Waals surface area contributed by atoms with Crippen LogP contribution in [0.5, 0.6) is 5.75 Å². The molecule has 0 aromatic heterocycles. The maximum atomic E-state index is 12.9. The third kappa shape index (κ3) is 5.78. The summed E-state index contributed by atoms with van der Waals surface area (Å²) in [6.45, 7) is 10.4. The normalized spacial score (nSPS) is 18.3. The molecule has 0 bridgehead atoms. The molecule has 1 aliphatic carbocycles. The highest BCUT2D eigenvalue weighted by Crippen LogP contribution is 2.43. The van der Waals surface area contributed by atoms with Gasteiger partial charge < -0.3 is 14.8 Å². The van der Waals surface area contributed by atoms with Crippen molar-refractivity contribution in [1.29, 1.82) is 0 Å². The minimum Gasteiger partial charge on any atom is -0.489 e.